The molecule has 1 heterocycles. The van der Waals surface area contributed by atoms with Crippen molar-refractivity contribution in [3.8, 4) is 0 Å². The van der Waals surface area contributed by atoms with Crippen molar-refractivity contribution in [2.45, 2.75) is 52.3 Å². The smallest absolute Gasteiger partial charge is 0.0862 e. The van der Waals surface area contributed by atoms with Gasteiger partial charge in [0.25, 0.3) is 0 Å². The van der Waals surface area contributed by atoms with Crippen LogP contribution in [0.2, 0.25) is 0 Å². The van der Waals surface area contributed by atoms with E-state index in [9.17, 15) is 0 Å². The summed E-state index contributed by atoms with van der Waals surface area (Å²) in [5.74, 6) is 0.653. The first kappa shape index (κ1) is 19.1. The van der Waals surface area contributed by atoms with E-state index < -0.39 is 0 Å². The molecule has 5 atom stereocenters. The second-order valence-electron chi connectivity index (χ2n) is 7.36. The molecule has 1 aliphatic rings. The number of hydrogen-bond acceptors (Lipinski definition) is 3. The Kier molecular flexibility index (Phi) is 6.84. The van der Waals surface area contributed by atoms with Crippen LogP contribution in [0.1, 0.15) is 31.9 Å². The summed E-state index contributed by atoms with van der Waals surface area (Å²) in [5, 5.41) is 0. The first-order valence-electron chi connectivity index (χ1n) is 9.58. The predicted molar refractivity (Wildman–Crippen MR) is 104 cm³/mol. The second-order valence-corrected chi connectivity index (χ2v) is 7.36. The van der Waals surface area contributed by atoms with Gasteiger partial charge in [-0.25, -0.2) is 0 Å². The van der Waals surface area contributed by atoms with Gasteiger partial charge in [0.2, 0.25) is 0 Å². The van der Waals surface area contributed by atoms with Crippen LogP contribution in [-0.4, -0.2) is 24.9 Å². The summed E-state index contributed by atoms with van der Waals surface area (Å²) < 4.78 is 18.5. The molecule has 0 radical (unpaired) electrons. The van der Waals surface area contributed by atoms with Crippen molar-refractivity contribution in [2.75, 3.05) is 6.61 Å². The van der Waals surface area contributed by atoms with E-state index in [0.29, 0.717) is 31.7 Å². The lowest BCUT2D eigenvalue weighted by Crippen LogP contribution is -2.50. The third-order valence-corrected chi connectivity index (χ3v) is 5.43. The summed E-state index contributed by atoms with van der Waals surface area (Å²) in [5.41, 5.74) is 2.40. The van der Waals surface area contributed by atoms with Crippen molar-refractivity contribution in [1.29, 1.82) is 0 Å². The van der Waals surface area contributed by atoms with Gasteiger partial charge in [-0.1, -0.05) is 74.5 Å². The fraction of sp³-hybridized carbons (Fsp3) is 0.478. The highest BCUT2D eigenvalue weighted by Gasteiger charge is 2.40. The SMILES string of the molecule is CC1OC(COCc2ccccc2)C(C)C(OCc2ccccc2)C1C. The zero-order chi connectivity index (χ0) is 18.4. The summed E-state index contributed by atoms with van der Waals surface area (Å²) in [6.45, 7) is 8.43. The van der Waals surface area contributed by atoms with Crippen LogP contribution in [0.5, 0.6) is 0 Å². The van der Waals surface area contributed by atoms with Crippen molar-refractivity contribution in [1.82, 2.24) is 0 Å². The van der Waals surface area contributed by atoms with Crippen LogP contribution in [0.4, 0.5) is 0 Å². The normalized spacial score (nSPS) is 28.8. The summed E-state index contributed by atoms with van der Waals surface area (Å²) in [7, 11) is 0. The average Bonchev–Trinajstić information content (AvgIpc) is 2.67. The van der Waals surface area contributed by atoms with Crippen molar-refractivity contribution in [3.63, 3.8) is 0 Å². The molecule has 1 aliphatic heterocycles. The Bertz CT molecular complexity index is 643. The van der Waals surface area contributed by atoms with Crippen LogP contribution in [0, 0.1) is 11.8 Å². The molecule has 0 amide bonds. The Hall–Kier alpha value is -1.68. The van der Waals surface area contributed by atoms with E-state index in [1.807, 2.05) is 24.3 Å². The Morgan fingerprint density at radius 1 is 0.769 bits per heavy atom. The number of hydrogen-bond donors (Lipinski definition) is 0. The Morgan fingerprint density at radius 2 is 1.35 bits per heavy atom. The van der Waals surface area contributed by atoms with Crippen molar-refractivity contribution in [2.24, 2.45) is 11.8 Å². The molecule has 2 aromatic rings. The van der Waals surface area contributed by atoms with Gasteiger partial charge in [0.05, 0.1) is 38.1 Å². The van der Waals surface area contributed by atoms with Gasteiger partial charge in [-0.2, -0.15) is 0 Å². The minimum atomic E-state index is 0.0608. The first-order chi connectivity index (χ1) is 12.6. The number of rotatable bonds is 7. The van der Waals surface area contributed by atoms with Gasteiger partial charge in [-0.3, -0.25) is 0 Å². The lowest BCUT2D eigenvalue weighted by molar-refractivity contribution is -0.193. The molecular weight excluding hydrogens is 324 g/mol. The molecule has 3 rings (SSSR count). The van der Waals surface area contributed by atoms with Gasteiger partial charge in [-0.15, -0.1) is 0 Å². The van der Waals surface area contributed by atoms with E-state index in [4.69, 9.17) is 14.2 Å². The molecule has 0 N–H and O–H groups in total. The Morgan fingerprint density at radius 3 is 1.96 bits per heavy atom. The highest BCUT2D eigenvalue weighted by atomic mass is 16.5. The lowest BCUT2D eigenvalue weighted by Gasteiger charge is -2.43. The number of ether oxygens (including phenoxy) is 3. The van der Waals surface area contributed by atoms with Crippen LogP contribution in [0.3, 0.4) is 0 Å². The van der Waals surface area contributed by atoms with E-state index >= 15 is 0 Å². The minimum Gasteiger partial charge on any atom is -0.374 e. The maximum Gasteiger partial charge on any atom is 0.0862 e. The standard InChI is InChI=1S/C23H30O3/c1-17-19(3)26-22(16-24-14-20-10-6-4-7-11-20)18(2)23(17)25-15-21-12-8-5-9-13-21/h4-13,17-19,22-23H,14-16H2,1-3H3. The highest BCUT2D eigenvalue weighted by Crippen LogP contribution is 2.33. The van der Waals surface area contributed by atoms with Gasteiger partial charge >= 0.3 is 0 Å². The maximum absolute atomic E-state index is 6.32. The molecule has 3 nitrogen and oxygen atoms in total. The third-order valence-electron chi connectivity index (χ3n) is 5.43. The monoisotopic (exact) mass is 354 g/mol. The van der Waals surface area contributed by atoms with Gasteiger partial charge in [0.1, 0.15) is 0 Å². The number of benzene rings is 2. The van der Waals surface area contributed by atoms with Crippen molar-refractivity contribution < 1.29 is 14.2 Å². The summed E-state index contributed by atoms with van der Waals surface area (Å²) in [6.07, 6.45) is 0.396. The largest absolute Gasteiger partial charge is 0.374 e. The predicted octanol–water partition coefficient (Wildman–Crippen LogP) is 4.85. The summed E-state index contributed by atoms with van der Waals surface area (Å²) >= 11 is 0. The molecule has 2 aromatic carbocycles. The molecule has 0 bridgehead atoms. The summed E-state index contributed by atoms with van der Waals surface area (Å²) in [4.78, 5) is 0. The fourth-order valence-corrected chi connectivity index (χ4v) is 3.61. The molecule has 3 heteroatoms. The molecule has 0 aliphatic carbocycles. The zero-order valence-electron chi connectivity index (χ0n) is 16.0. The van der Waals surface area contributed by atoms with Crippen LogP contribution < -0.4 is 0 Å². The minimum absolute atomic E-state index is 0.0608. The molecule has 1 fully saturated rings. The summed E-state index contributed by atoms with van der Waals surface area (Å²) in [6, 6.07) is 20.6. The molecule has 0 aromatic heterocycles. The van der Waals surface area contributed by atoms with E-state index in [-0.39, 0.29) is 18.3 Å². The van der Waals surface area contributed by atoms with Crippen LogP contribution >= 0.6 is 0 Å². The van der Waals surface area contributed by atoms with Crippen LogP contribution in [0.15, 0.2) is 60.7 Å². The van der Waals surface area contributed by atoms with Gasteiger partial charge in [-0.05, 0) is 18.1 Å². The highest BCUT2D eigenvalue weighted by molar-refractivity contribution is 5.14. The molecular formula is C23H30O3. The topological polar surface area (TPSA) is 27.7 Å². The second kappa shape index (κ2) is 9.31. The maximum atomic E-state index is 6.32. The first-order valence-corrected chi connectivity index (χ1v) is 9.58. The van der Waals surface area contributed by atoms with E-state index in [0.717, 1.165) is 0 Å². The van der Waals surface area contributed by atoms with E-state index in [1.54, 1.807) is 0 Å². The van der Waals surface area contributed by atoms with Crippen molar-refractivity contribution in [3.05, 3.63) is 71.8 Å². The third kappa shape index (κ3) is 4.94. The zero-order valence-corrected chi connectivity index (χ0v) is 16.0. The Balaban J connectivity index is 1.55. The van der Waals surface area contributed by atoms with Crippen LogP contribution in [0.25, 0.3) is 0 Å². The molecule has 0 saturated carbocycles. The van der Waals surface area contributed by atoms with Gasteiger partial charge in [0, 0.05) is 11.8 Å². The molecule has 0 spiro atoms. The van der Waals surface area contributed by atoms with E-state index in [2.05, 4.69) is 57.2 Å². The Labute approximate surface area is 157 Å². The average molecular weight is 354 g/mol. The van der Waals surface area contributed by atoms with Gasteiger partial charge < -0.3 is 14.2 Å². The molecule has 26 heavy (non-hydrogen) atoms. The lowest BCUT2D eigenvalue weighted by atomic mass is 9.83. The van der Waals surface area contributed by atoms with Crippen LogP contribution in [-0.2, 0) is 27.4 Å². The fourth-order valence-electron chi connectivity index (χ4n) is 3.61. The molecule has 1 saturated heterocycles. The van der Waals surface area contributed by atoms with E-state index in [1.165, 1.54) is 11.1 Å². The quantitative estimate of drug-likeness (QED) is 0.711. The molecule has 5 unspecified atom stereocenters. The molecule has 140 valence electrons. The van der Waals surface area contributed by atoms with Gasteiger partial charge in [0.15, 0.2) is 0 Å². The van der Waals surface area contributed by atoms with Crippen molar-refractivity contribution >= 4 is 0 Å².